The number of methoxy groups -OCH3 is 1. The van der Waals surface area contributed by atoms with Crippen molar-refractivity contribution < 1.29 is 33.4 Å². The topological polar surface area (TPSA) is 119 Å². The summed E-state index contributed by atoms with van der Waals surface area (Å²) in [6, 6.07) is 6.37. The van der Waals surface area contributed by atoms with Crippen molar-refractivity contribution in [2.75, 3.05) is 20.3 Å². The molecule has 4 amide bonds. The number of nitrogens with zero attached hydrogens (tertiary/aromatic N) is 1. The van der Waals surface area contributed by atoms with Crippen molar-refractivity contribution in [3.63, 3.8) is 0 Å². The highest BCUT2D eigenvalue weighted by atomic mass is 16.5. The molecule has 1 aromatic rings. The Morgan fingerprint density at radius 2 is 1.70 bits per heavy atom. The summed E-state index contributed by atoms with van der Waals surface area (Å²) in [5, 5.41) is 2.11. The molecule has 0 bridgehead atoms. The first-order valence-corrected chi connectivity index (χ1v) is 9.55. The van der Waals surface area contributed by atoms with Crippen LogP contribution in [-0.2, 0) is 23.9 Å². The summed E-state index contributed by atoms with van der Waals surface area (Å²) in [5.41, 5.74) is 0.168. The number of ether oxygens (including phenoxy) is 2. The molecule has 1 aliphatic heterocycles. The highest BCUT2D eigenvalue weighted by molar-refractivity contribution is 6.07. The van der Waals surface area contributed by atoms with Crippen LogP contribution in [0.3, 0.4) is 0 Å². The van der Waals surface area contributed by atoms with Gasteiger partial charge in [-0.15, -0.1) is 0 Å². The fourth-order valence-electron chi connectivity index (χ4n) is 3.57. The summed E-state index contributed by atoms with van der Waals surface area (Å²) in [7, 11) is 1.40. The molecule has 1 saturated heterocycles. The van der Waals surface area contributed by atoms with E-state index in [0.29, 0.717) is 18.6 Å². The molecular formula is C21H22N2O7. The molecule has 3 rings (SSSR count). The van der Waals surface area contributed by atoms with Crippen LogP contribution in [0.4, 0.5) is 0 Å². The van der Waals surface area contributed by atoms with Crippen molar-refractivity contribution in [3.8, 4) is 5.75 Å². The van der Waals surface area contributed by atoms with E-state index in [0.717, 1.165) is 4.90 Å². The minimum Gasteiger partial charge on any atom is -0.496 e. The third-order valence-corrected chi connectivity index (χ3v) is 5.11. The molecule has 1 aromatic carbocycles. The van der Waals surface area contributed by atoms with Gasteiger partial charge < -0.3 is 9.47 Å². The standard InChI is InChI=1S/C21H22N2O7/c1-29-16-9-5-4-8-15(16)19(26)22-17(24)12-30-18(25)10-11-23-20(27)13-6-2-3-7-14(13)21(23)28/h2-5,8-9,13-14H,6-7,10-12H2,1H3,(H,22,24,26)/t13-,14-/m1/s1. The van der Waals surface area contributed by atoms with Gasteiger partial charge in [-0.25, -0.2) is 0 Å². The van der Waals surface area contributed by atoms with E-state index >= 15 is 0 Å². The van der Waals surface area contributed by atoms with Crippen molar-refractivity contribution in [2.45, 2.75) is 19.3 Å². The van der Waals surface area contributed by atoms with Crippen LogP contribution >= 0.6 is 0 Å². The van der Waals surface area contributed by atoms with Gasteiger partial charge in [0, 0.05) is 6.54 Å². The van der Waals surface area contributed by atoms with Crippen LogP contribution < -0.4 is 10.1 Å². The predicted molar refractivity (Wildman–Crippen MR) is 103 cm³/mol. The Bertz CT molecular complexity index is 882. The number of hydrogen-bond donors (Lipinski definition) is 1. The van der Waals surface area contributed by atoms with Crippen LogP contribution in [0.15, 0.2) is 36.4 Å². The van der Waals surface area contributed by atoms with Gasteiger partial charge in [-0.2, -0.15) is 0 Å². The van der Waals surface area contributed by atoms with Crippen LogP contribution in [0.1, 0.15) is 29.6 Å². The first-order chi connectivity index (χ1) is 14.4. The fraction of sp³-hybridized carbons (Fsp3) is 0.381. The van der Waals surface area contributed by atoms with Crippen LogP contribution in [-0.4, -0.2) is 54.8 Å². The number of imide groups is 2. The minimum absolute atomic E-state index is 0.0920. The zero-order chi connectivity index (χ0) is 21.7. The number of esters is 1. The minimum atomic E-state index is -0.801. The maximum absolute atomic E-state index is 12.3. The molecule has 9 heteroatoms. The summed E-state index contributed by atoms with van der Waals surface area (Å²) in [4.78, 5) is 61.7. The summed E-state index contributed by atoms with van der Waals surface area (Å²) >= 11 is 0. The van der Waals surface area contributed by atoms with E-state index in [4.69, 9.17) is 9.47 Å². The third kappa shape index (κ3) is 4.56. The van der Waals surface area contributed by atoms with E-state index in [1.165, 1.54) is 13.2 Å². The van der Waals surface area contributed by atoms with E-state index < -0.39 is 24.4 Å². The molecule has 0 aromatic heterocycles. The van der Waals surface area contributed by atoms with Gasteiger partial charge in [0.15, 0.2) is 6.61 Å². The van der Waals surface area contributed by atoms with E-state index in [-0.39, 0.29) is 42.2 Å². The number of hydrogen-bond acceptors (Lipinski definition) is 7. The lowest BCUT2D eigenvalue weighted by Gasteiger charge is -2.14. The highest BCUT2D eigenvalue weighted by Gasteiger charge is 2.46. The van der Waals surface area contributed by atoms with Gasteiger partial charge in [0.25, 0.3) is 11.8 Å². The molecule has 9 nitrogen and oxygen atoms in total. The maximum Gasteiger partial charge on any atom is 0.308 e. The van der Waals surface area contributed by atoms with Crippen molar-refractivity contribution >= 4 is 29.6 Å². The quantitative estimate of drug-likeness (QED) is 0.399. The van der Waals surface area contributed by atoms with Gasteiger partial charge in [0.1, 0.15) is 5.75 Å². The number of carbonyl (C=O) groups excluding carboxylic acids is 5. The molecule has 2 atom stereocenters. The number of amides is 4. The van der Waals surface area contributed by atoms with Crippen molar-refractivity contribution in [2.24, 2.45) is 11.8 Å². The molecule has 158 valence electrons. The third-order valence-electron chi connectivity index (χ3n) is 5.11. The van der Waals surface area contributed by atoms with Crippen molar-refractivity contribution in [1.82, 2.24) is 10.2 Å². The summed E-state index contributed by atoms with van der Waals surface area (Å²) in [5.74, 6) is -3.19. The molecule has 2 aliphatic rings. The van der Waals surface area contributed by atoms with Gasteiger partial charge in [-0.3, -0.25) is 34.2 Å². The molecule has 0 radical (unpaired) electrons. The highest BCUT2D eigenvalue weighted by Crippen LogP contribution is 2.35. The Labute approximate surface area is 173 Å². The summed E-state index contributed by atoms with van der Waals surface area (Å²) < 4.78 is 9.91. The van der Waals surface area contributed by atoms with Crippen molar-refractivity contribution in [3.05, 3.63) is 42.0 Å². The second-order valence-electron chi connectivity index (χ2n) is 6.97. The van der Waals surface area contributed by atoms with E-state index in [2.05, 4.69) is 5.32 Å². The maximum atomic E-state index is 12.3. The molecular weight excluding hydrogens is 392 g/mol. The monoisotopic (exact) mass is 414 g/mol. The summed E-state index contributed by atoms with van der Waals surface area (Å²) in [6.45, 7) is -0.748. The van der Waals surface area contributed by atoms with E-state index in [9.17, 15) is 24.0 Å². The van der Waals surface area contributed by atoms with E-state index in [1.807, 2.05) is 12.2 Å². The zero-order valence-corrected chi connectivity index (χ0v) is 16.5. The Morgan fingerprint density at radius 1 is 1.07 bits per heavy atom. The van der Waals surface area contributed by atoms with Crippen LogP contribution in [0, 0.1) is 11.8 Å². The number of allylic oxidation sites excluding steroid dienone is 2. The van der Waals surface area contributed by atoms with Crippen LogP contribution in [0.5, 0.6) is 5.75 Å². The normalized spacial score (nSPS) is 20.0. The lowest BCUT2D eigenvalue weighted by molar-refractivity contribution is -0.149. The number of benzene rings is 1. The van der Waals surface area contributed by atoms with Gasteiger partial charge in [-0.1, -0.05) is 24.3 Å². The second kappa shape index (κ2) is 9.34. The molecule has 1 heterocycles. The lowest BCUT2D eigenvalue weighted by Crippen LogP contribution is -2.35. The number of nitrogens with one attached hydrogen (secondary N) is 1. The second-order valence-corrected chi connectivity index (χ2v) is 6.97. The Morgan fingerprint density at radius 3 is 2.33 bits per heavy atom. The molecule has 0 unspecified atom stereocenters. The molecule has 1 N–H and O–H groups in total. The molecule has 0 spiro atoms. The molecule has 30 heavy (non-hydrogen) atoms. The molecule has 0 saturated carbocycles. The largest absolute Gasteiger partial charge is 0.496 e. The van der Waals surface area contributed by atoms with Crippen LogP contribution in [0.25, 0.3) is 0 Å². The number of likely N-dealkylation sites (tertiary alicyclic amines) is 1. The van der Waals surface area contributed by atoms with Crippen LogP contribution in [0.2, 0.25) is 0 Å². The Hall–Kier alpha value is -3.49. The van der Waals surface area contributed by atoms with Gasteiger partial charge >= 0.3 is 5.97 Å². The number of carbonyl (C=O) groups is 5. The van der Waals surface area contributed by atoms with Crippen molar-refractivity contribution in [1.29, 1.82) is 0 Å². The lowest BCUT2D eigenvalue weighted by atomic mass is 9.85. The Kier molecular flexibility index (Phi) is 6.61. The number of para-hydroxylation sites is 1. The van der Waals surface area contributed by atoms with Gasteiger partial charge in [0.2, 0.25) is 11.8 Å². The predicted octanol–water partition coefficient (Wildman–Crippen LogP) is 0.836. The average Bonchev–Trinajstić information content (AvgIpc) is 3.00. The Balaban J connectivity index is 1.43. The molecule has 1 fully saturated rings. The fourth-order valence-corrected chi connectivity index (χ4v) is 3.57. The smallest absolute Gasteiger partial charge is 0.308 e. The SMILES string of the molecule is COc1ccccc1C(=O)NC(=O)COC(=O)CCN1C(=O)[C@@H]2CC=CC[C@H]2C1=O. The molecule has 1 aliphatic carbocycles. The zero-order valence-electron chi connectivity index (χ0n) is 16.5. The van der Waals surface area contributed by atoms with Gasteiger partial charge in [-0.05, 0) is 25.0 Å². The first-order valence-electron chi connectivity index (χ1n) is 9.55. The van der Waals surface area contributed by atoms with Gasteiger partial charge in [0.05, 0.1) is 30.9 Å². The number of rotatable bonds is 7. The number of fused-ring (bicyclic) bond motifs is 1. The summed E-state index contributed by atoms with van der Waals surface area (Å²) in [6.07, 6.45) is 4.59. The van der Waals surface area contributed by atoms with E-state index in [1.54, 1.807) is 18.2 Å². The first kappa shape index (κ1) is 21.2. The average molecular weight is 414 g/mol.